The average Bonchev–Trinajstić information content (AvgIpc) is 2.61. The van der Waals surface area contributed by atoms with E-state index in [1.54, 1.807) is 0 Å². The normalized spacial score (nSPS) is 19.9. The molecule has 0 aromatic carbocycles. The molecule has 1 atom stereocenters. The molecule has 1 N–H and O–H groups in total. The molecule has 0 radical (unpaired) electrons. The van der Waals surface area contributed by atoms with Gasteiger partial charge >= 0.3 is 0 Å². The van der Waals surface area contributed by atoms with Crippen LogP contribution < -0.4 is 5.32 Å². The van der Waals surface area contributed by atoms with Crippen molar-refractivity contribution >= 4 is 0 Å². The lowest BCUT2D eigenvalue weighted by atomic mass is 9.81. The highest BCUT2D eigenvalue weighted by molar-refractivity contribution is 5.24. The van der Waals surface area contributed by atoms with Gasteiger partial charge in [0.15, 0.2) is 0 Å². The Balaban J connectivity index is 2.17. The second-order valence-corrected chi connectivity index (χ2v) is 5.03. The summed E-state index contributed by atoms with van der Waals surface area (Å²) in [6.45, 7) is 4.11. The average molecular weight is 221 g/mol. The Bertz CT molecular complexity index is 337. The summed E-state index contributed by atoms with van der Waals surface area (Å²) in [5.41, 5.74) is 1.37. The van der Waals surface area contributed by atoms with Gasteiger partial charge in [-0.25, -0.2) is 0 Å². The maximum absolute atomic E-state index is 5.65. The van der Waals surface area contributed by atoms with Crippen LogP contribution in [0.3, 0.4) is 0 Å². The Hall–Kier alpha value is -0.760. The Kier molecular flexibility index (Phi) is 3.70. The van der Waals surface area contributed by atoms with Gasteiger partial charge in [-0.3, -0.25) is 0 Å². The van der Waals surface area contributed by atoms with Crippen LogP contribution in [-0.2, 0) is 0 Å². The monoisotopic (exact) mass is 221 g/mol. The number of hydrogen-bond acceptors (Lipinski definition) is 2. The minimum Gasteiger partial charge on any atom is -0.466 e. The fourth-order valence-corrected chi connectivity index (χ4v) is 3.07. The minimum atomic E-state index is 0.484. The summed E-state index contributed by atoms with van der Waals surface area (Å²) < 4.78 is 5.65. The maximum Gasteiger partial charge on any atom is 0.105 e. The van der Waals surface area contributed by atoms with Gasteiger partial charge in [0.1, 0.15) is 11.5 Å². The molecule has 1 aromatic rings. The molecule has 1 aliphatic carbocycles. The van der Waals surface area contributed by atoms with E-state index < -0.39 is 0 Å². The van der Waals surface area contributed by atoms with Crippen LogP contribution in [-0.4, -0.2) is 7.05 Å². The SMILES string of the molecule is CNC(c1cc(C)oc1C)C1CCCCC1. The molecular weight excluding hydrogens is 198 g/mol. The predicted molar refractivity (Wildman–Crippen MR) is 66.6 cm³/mol. The molecule has 0 aliphatic heterocycles. The summed E-state index contributed by atoms with van der Waals surface area (Å²) in [6, 6.07) is 2.68. The zero-order chi connectivity index (χ0) is 11.5. The Morgan fingerprint density at radius 3 is 2.44 bits per heavy atom. The van der Waals surface area contributed by atoms with Gasteiger partial charge < -0.3 is 9.73 Å². The molecule has 2 nitrogen and oxygen atoms in total. The number of hydrogen-bond donors (Lipinski definition) is 1. The number of rotatable bonds is 3. The number of aryl methyl sites for hydroxylation is 2. The molecule has 0 amide bonds. The molecule has 1 fully saturated rings. The van der Waals surface area contributed by atoms with E-state index in [2.05, 4.69) is 25.4 Å². The van der Waals surface area contributed by atoms with Gasteiger partial charge in [0.05, 0.1) is 0 Å². The van der Waals surface area contributed by atoms with Crippen LogP contribution >= 0.6 is 0 Å². The summed E-state index contributed by atoms with van der Waals surface area (Å²) in [5.74, 6) is 2.90. The molecule has 1 unspecified atom stereocenters. The van der Waals surface area contributed by atoms with Gasteiger partial charge in [0.25, 0.3) is 0 Å². The lowest BCUT2D eigenvalue weighted by Crippen LogP contribution is -2.27. The minimum absolute atomic E-state index is 0.484. The van der Waals surface area contributed by atoms with Crippen LogP contribution in [0.2, 0.25) is 0 Å². The van der Waals surface area contributed by atoms with Gasteiger partial charge in [-0.05, 0) is 45.7 Å². The zero-order valence-electron chi connectivity index (χ0n) is 10.7. The van der Waals surface area contributed by atoms with Crippen molar-refractivity contribution in [1.82, 2.24) is 5.32 Å². The molecule has 0 bridgehead atoms. The van der Waals surface area contributed by atoms with Crippen LogP contribution in [0.15, 0.2) is 10.5 Å². The van der Waals surface area contributed by atoms with Crippen LogP contribution in [0.5, 0.6) is 0 Å². The molecule has 90 valence electrons. The van der Waals surface area contributed by atoms with E-state index in [0.29, 0.717) is 6.04 Å². The topological polar surface area (TPSA) is 25.2 Å². The molecule has 16 heavy (non-hydrogen) atoms. The van der Waals surface area contributed by atoms with Crippen LogP contribution in [0.25, 0.3) is 0 Å². The van der Waals surface area contributed by atoms with Gasteiger partial charge in [-0.15, -0.1) is 0 Å². The highest BCUT2D eigenvalue weighted by Gasteiger charge is 2.26. The van der Waals surface area contributed by atoms with E-state index in [-0.39, 0.29) is 0 Å². The molecule has 1 aromatic heterocycles. The first kappa shape index (κ1) is 11.7. The maximum atomic E-state index is 5.65. The zero-order valence-corrected chi connectivity index (χ0v) is 10.7. The summed E-state index contributed by atoms with van der Waals surface area (Å²) in [4.78, 5) is 0. The molecule has 1 heterocycles. The highest BCUT2D eigenvalue weighted by Crippen LogP contribution is 2.36. The van der Waals surface area contributed by atoms with Crippen molar-refractivity contribution in [3.63, 3.8) is 0 Å². The van der Waals surface area contributed by atoms with E-state index in [1.165, 1.54) is 37.7 Å². The lowest BCUT2D eigenvalue weighted by Gasteiger charge is -2.29. The molecule has 2 rings (SSSR count). The molecule has 1 saturated carbocycles. The summed E-state index contributed by atoms with van der Waals surface area (Å²) in [5, 5.41) is 3.48. The van der Waals surface area contributed by atoms with Crippen molar-refractivity contribution in [2.24, 2.45) is 5.92 Å². The predicted octanol–water partition coefficient (Wildman–Crippen LogP) is 3.74. The van der Waals surface area contributed by atoms with E-state index in [1.807, 2.05) is 6.92 Å². The van der Waals surface area contributed by atoms with Crippen LogP contribution in [0, 0.1) is 19.8 Å². The van der Waals surface area contributed by atoms with Crippen molar-refractivity contribution in [3.8, 4) is 0 Å². The Morgan fingerprint density at radius 1 is 1.25 bits per heavy atom. The molecule has 1 aliphatic rings. The fraction of sp³-hybridized carbons (Fsp3) is 0.714. The highest BCUT2D eigenvalue weighted by atomic mass is 16.3. The first-order valence-corrected chi connectivity index (χ1v) is 6.46. The van der Waals surface area contributed by atoms with Gasteiger partial charge in [0, 0.05) is 11.6 Å². The second kappa shape index (κ2) is 5.05. The smallest absolute Gasteiger partial charge is 0.105 e. The summed E-state index contributed by atoms with van der Waals surface area (Å²) in [7, 11) is 2.07. The lowest BCUT2D eigenvalue weighted by molar-refractivity contribution is 0.279. The first-order valence-electron chi connectivity index (χ1n) is 6.46. The Labute approximate surface area is 98.4 Å². The molecular formula is C14H23NO. The van der Waals surface area contributed by atoms with Gasteiger partial charge in [0.2, 0.25) is 0 Å². The summed E-state index contributed by atoms with van der Waals surface area (Å²) >= 11 is 0. The molecule has 0 saturated heterocycles. The third kappa shape index (κ3) is 2.32. The summed E-state index contributed by atoms with van der Waals surface area (Å²) in [6.07, 6.45) is 6.90. The Morgan fingerprint density at radius 2 is 1.94 bits per heavy atom. The van der Waals surface area contributed by atoms with Crippen molar-refractivity contribution < 1.29 is 4.42 Å². The van der Waals surface area contributed by atoms with Crippen molar-refractivity contribution in [2.75, 3.05) is 7.05 Å². The van der Waals surface area contributed by atoms with Crippen LogP contribution in [0.1, 0.15) is 55.2 Å². The van der Waals surface area contributed by atoms with Gasteiger partial charge in [-0.1, -0.05) is 19.3 Å². The van der Waals surface area contributed by atoms with Crippen molar-refractivity contribution in [1.29, 1.82) is 0 Å². The standard InChI is InChI=1S/C14H23NO/c1-10-9-13(11(2)16-10)14(15-3)12-7-5-4-6-8-12/h9,12,14-15H,4-8H2,1-3H3. The fourth-order valence-electron chi connectivity index (χ4n) is 3.07. The largest absolute Gasteiger partial charge is 0.466 e. The van der Waals surface area contributed by atoms with E-state index >= 15 is 0 Å². The van der Waals surface area contributed by atoms with Crippen molar-refractivity contribution in [3.05, 3.63) is 23.2 Å². The number of nitrogens with one attached hydrogen (secondary N) is 1. The van der Waals surface area contributed by atoms with E-state index in [4.69, 9.17) is 4.42 Å². The molecule has 0 spiro atoms. The third-order valence-electron chi connectivity index (χ3n) is 3.85. The van der Waals surface area contributed by atoms with E-state index in [9.17, 15) is 0 Å². The van der Waals surface area contributed by atoms with Gasteiger partial charge in [-0.2, -0.15) is 0 Å². The van der Waals surface area contributed by atoms with Crippen molar-refractivity contribution in [2.45, 2.75) is 52.0 Å². The third-order valence-corrected chi connectivity index (χ3v) is 3.85. The van der Waals surface area contributed by atoms with Crippen LogP contribution in [0.4, 0.5) is 0 Å². The number of furan rings is 1. The van der Waals surface area contributed by atoms with E-state index in [0.717, 1.165) is 17.4 Å². The molecule has 2 heteroatoms. The quantitative estimate of drug-likeness (QED) is 0.841. The second-order valence-electron chi connectivity index (χ2n) is 5.03. The first-order chi connectivity index (χ1) is 7.72.